The molecule has 1 heterocycles. The van der Waals surface area contributed by atoms with E-state index >= 15 is 0 Å². The molecule has 2 rings (SSSR count). The minimum absolute atomic E-state index is 0.0429. The molecule has 2 N–H and O–H groups in total. The Kier molecular flexibility index (Phi) is 4.89. The lowest BCUT2D eigenvalue weighted by Gasteiger charge is -2.23. The maximum atomic E-state index is 11.6. The Morgan fingerprint density at radius 3 is 2.62 bits per heavy atom. The van der Waals surface area contributed by atoms with Crippen LogP contribution in [-0.2, 0) is 10.8 Å². The zero-order valence-corrected chi connectivity index (χ0v) is 12.4. The van der Waals surface area contributed by atoms with Gasteiger partial charge in [-0.3, -0.25) is 19.1 Å². The molecule has 0 spiro atoms. The van der Waals surface area contributed by atoms with Crippen molar-refractivity contribution in [3.05, 3.63) is 33.9 Å². The number of carbonyl (C=O) groups is 1. The number of amides is 1. The highest BCUT2D eigenvalue weighted by Crippen LogP contribution is 2.28. The van der Waals surface area contributed by atoms with Gasteiger partial charge in [0.15, 0.2) is 0 Å². The van der Waals surface area contributed by atoms with Gasteiger partial charge in [0.25, 0.3) is 11.6 Å². The predicted molar refractivity (Wildman–Crippen MR) is 81.0 cm³/mol. The molecule has 0 aliphatic carbocycles. The Balaban J connectivity index is 2.24. The van der Waals surface area contributed by atoms with Crippen molar-refractivity contribution in [3.63, 3.8) is 0 Å². The van der Waals surface area contributed by atoms with Crippen LogP contribution >= 0.6 is 0 Å². The highest BCUT2D eigenvalue weighted by molar-refractivity contribution is 7.85. The van der Waals surface area contributed by atoms with Gasteiger partial charge in [-0.15, -0.1) is 0 Å². The minimum atomic E-state index is -0.784. The summed E-state index contributed by atoms with van der Waals surface area (Å²) in [5.74, 6) is 0.902. The summed E-state index contributed by atoms with van der Waals surface area (Å²) in [6.07, 6.45) is 1.40. The van der Waals surface area contributed by atoms with E-state index in [4.69, 9.17) is 0 Å². The van der Waals surface area contributed by atoms with Crippen molar-refractivity contribution < 1.29 is 13.9 Å². The lowest BCUT2D eigenvalue weighted by molar-refractivity contribution is -0.384. The first-order valence-electron chi connectivity index (χ1n) is 6.63. The number of anilines is 1. The Bertz CT molecular complexity index is 581. The summed E-state index contributed by atoms with van der Waals surface area (Å²) in [6.45, 7) is 0. The molecule has 1 aromatic carbocycles. The monoisotopic (exact) mass is 311 g/mol. The zero-order chi connectivity index (χ0) is 15.4. The predicted octanol–water partition coefficient (Wildman–Crippen LogP) is 1.28. The molecule has 114 valence electrons. The molecule has 1 saturated heterocycles. The number of nitro groups is 1. The van der Waals surface area contributed by atoms with Crippen molar-refractivity contribution in [1.29, 1.82) is 0 Å². The number of benzene rings is 1. The second-order valence-electron chi connectivity index (χ2n) is 4.83. The van der Waals surface area contributed by atoms with E-state index in [9.17, 15) is 19.1 Å². The van der Waals surface area contributed by atoms with Gasteiger partial charge in [0.05, 0.1) is 4.92 Å². The third kappa shape index (κ3) is 3.78. The third-order valence-corrected chi connectivity index (χ3v) is 4.81. The number of hydrogen-bond acceptors (Lipinski definition) is 5. The zero-order valence-electron chi connectivity index (χ0n) is 11.6. The van der Waals surface area contributed by atoms with Crippen molar-refractivity contribution in [1.82, 2.24) is 5.32 Å². The largest absolute Gasteiger partial charge is 0.377 e. The molecule has 1 fully saturated rings. The standard InChI is InChI=1S/C13H17N3O4S/c1-14-13(17)9-2-3-12(16(18)19)11(8-9)15-10-4-6-21(20)7-5-10/h2-3,8,10,15H,4-7H2,1H3,(H,14,17). The molecule has 1 aromatic rings. The van der Waals surface area contributed by atoms with Crippen LogP contribution in [0.4, 0.5) is 11.4 Å². The second kappa shape index (κ2) is 6.66. The van der Waals surface area contributed by atoms with E-state index in [0.717, 1.165) is 0 Å². The molecule has 0 atom stereocenters. The van der Waals surface area contributed by atoms with E-state index < -0.39 is 15.7 Å². The molecule has 21 heavy (non-hydrogen) atoms. The van der Waals surface area contributed by atoms with E-state index in [1.165, 1.54) is 25.2 Å². The molecule has 0 bridgehead atoms. The van der Waals surface area contributed by atoms with E-state index in [2.05, 4.69) is 10.6 Å². The molecule has 0 saturated carbocycles. The Labute approximate surface area is 124 Å². The van der Waals surface area contributed by atoms with E-state index in [-0.39, 0.29) is 17.6 Å². The summed E-state index contributed by atoms with van der Waals surface area (Å²) >= 11 is 0. The van der Waals surface area contributed by atoms with Crippen molar-refractivity contribution in [2.75, 3.05) is 23.9 Å². The van der Waals surface area contributed by atoms with Crippen LogP contribution in [0.3, 0.4) is 0 Å². The number of nitrogens with one attached hydrogen (secondary N) is 2. The van der Waals surface area contributed by atoms with Gasteiger partial charge in [-0.25, -0.2) is 0 Å². The lowest BCUT2D eigenvalue weighted by Crippen LogP contribution is -2.29. The summed E-state index contributed by atoms with van der Waals surface area (Å²) in [5, 5.41) is 16.7. The van der Waals surface area contributed by atoms with Crippen molar-refractivity contribution >= 4 is 28.1 Å². The number of nitrogens with zero attached hydrogens (tertiary/aromatic N) is 1. The van der Waals surface area contributed by atoms with Crippen molar-refractivity contribution in [3.8, 4) is 0 Å². The lowest BCUT2D eigenvalue weighted by atomic mass is 10.1. The molecule has 1 aliphatic rings. The highest BCUT2D eigenvalue weighted by Gasteiger charge is 2.22. The van der Waals surface area contributed by atoms with Crippen LogP contribution in [-0.4, -0.2) is 39.6 Å². The van der Waals surface area contributed by atoms with Crippen molar-refractivity contribution in [2.45, 2.75) is 18.9 Å². The van der Waals surface area contributed by atoms with Gasteiger partial charge in [0, 0.05) is 47.0 Å². The molecule has 0 aromatic heterocycles. The smallest absolute Gasteiger partial charge is 0.292 e. The summed E-state index contributed by atoms with van der Waals surface area (Å²) in [6, 6.07) is 4.29. The van der Waals surface area contributed by atoms with Gasteiger partial charge in [-0.05, 0) is 25.0 Å². The van der Waals surface area contributed by atoms with Gasteiger partial charge in [0.1, 0.15) is 5.69 Å². The highest BCUT2D eigenvalue weighted by atomic mass is 32.2. The van der Waals surface area contributed by atoms with Crippen LogP contribution in [0.25, 0.3) is 0 Å². The SMILES string of the molecule is CNC(=O)c1ccc([N+](=O)[O-])c(NC2CCS(=O)CC2)c1. The maximum Gasteiger partial charge on any atom is 0.292 e. The first-order chi connectivity index (χ1) is 10.0. The molecule has 0 unspecified atom stereocenters. The average molecular weight is 311 g/mol. The number of nitro benzene ring substituents is 1. The first kappa shape index (κ1) is 15.4. The fourth-order valence-corrected chi connectivity index (χ4v) is 3.55. The fraction of sp³-hybridized carbons (Fsp3) is 0.462. The Morgan fingerprint density at radius 2 is 2.05 bits per heavy atom. The topological polar surface area (TPSA) is 101 Å². The van der Waals surface area contributed by atoms with Crippen LogP contribution in [0, 0.1) is 10.1 Å². The van der Waals surface area contributed by atoms with Crippen LogP contribution in [0.5, 0.6) is 0 Å². The molecule has 1 aliphatic heterocycles. The maximum absolute atomic E-state index is 11.6. The number of carbonyl (C=O) groups excluding carboxylic acids is 1. The molecule has 1 amide bonds. The second-order valence-corrected chi connectivity index (χ2v) is 6.53. The van der Waals surface area contributed by atoms with E-state index in [0.29, 0.717) is 35.6 Å². The van der Waals surface area contributed by atoms with Crippen molar-refractivity contribution in [2.24, 2.45) is 0 Å². The van der Waals surface area contributed by atoms with E-state index in [1.54, 1.807) is 0 Å². The van der Waals surface area contributed by atoms with Gasteiger partial charge in [0.2, 0.25) is 0 Å². The van der Waals surface area contributed by atoms with Crippen LogP contribution in [0.2, 0.25) is 0 Å². The Hall–Kier alpha value is -1.96. The summed E-state index contributed by atoms with van der Waals surface area (Å²) in [4.78, 5) is 22.2. The van der Waals surface area contributed by atoms with Gasteiger partial charge < -0.3 is 10.6 Å². The number of hydrogen-bond donors (Lipinski definition) is 2. The average Bonchev–Trinajstić information content (AvgIpc) is 2.48. The quantitative estimate of drug-likeness (QED) is 0.644. The number of rotatable bonds is 4. The molecular formula is C13H17N3O4S. The Morgan fingerprint density at radius 1 is 1.38 bits per heavy atom. The van der Waals surface area contributed by atoms with Crippen LogP contribution in [0.1, 0.15) is 23.2 Å². The van der Waals surface area contributed by atoms with Gasteiger partial charge in [-0.2, -0.15) is 0 Å². The van der Waals surface area contributed by atoms with Crippen LogP contribution in [0.15, 0.2) is 18.2 Å². The first-order valence-corrected chi connectivity index (χ1v) is 8.12. The minimum Gasteiger partial charge on any atom is -0.377 e. The van der Waals surface area contributed by atoms with Gasteiger partial charge >= 0.3 is 0 Å². The molecule has 7 nitrogen and oxygen atoms in total. The summed E-state index contributed by atoms with van der Waals surface area (Å²) < 4.78 is 11.3. The summed E-state index contributed by atoms with van der Waals surface area (Å²) in [7, 11) is 0.723. The molecular weight excluding hydrogens is 294 g/mol. The third-order valence-electron chi connectivity index (χ3n) is 3.43. The summed E-state index contributed by atoms with van der Waals surface area (Å²) in [5.41, 5.74) is 0.637. The molecule has 8 heteroatoms. The fourth-order valence-electron chi connectivity index (χ4n) is 2.25. The molecule has 0 radical (unpaired) electrons. The normalized spacial score (nSPS) is 21.6. The van der Waals surface area contributed by atoms with E-state index in [1.807, 2.05) is 0 Å². The van der Waals surface area contributed by atoms with Crippen LogP contribution < -0.4 is 10.6 Å². The van der Waals surface area contributed by atoms with Gasteiger partial charge in [-0.1, -0.05) is 0 Å².